The van der Waals surface area contributed by atoms with E-state index in [-0.39, 0.29) is 0 Å². The van der Waals surface area contributed by atoms with Crippen LogP contribution in [0.3, 0.4) is 0 Å². The number of aryl methyl sites for hydroxylation is 1. The number of hydrogen-bond donors (Lipinski definition) is 0. The molecule has 13 heavy (non-hydrogen) atoms. The standard InChI is InChI=1S/C13H18/c1-6-9(2)13-8-7-10(3)11(4)12(13)5/h7-8H,2,6H2,1,3-5H3. The zero-order chi connectivity index (χ0) is 10.0. The average molecular weight is 174 g/mol. The first kappa shape index (κ1) is 10.0. The van der Waals surface area contributed by atoms with Crippen molar-refractivity contribution in [3.63, 3.8) is 0 Å². The fourth-order valence-corrected chi connectivity index (χ4v) is 1.53. The highest BCUT2D eigenvalue weighted by atomic mass is 14.1. The van der Waals surface area contributed by atoms with E-state index in [4.69, 9.17) is 0 Å². The Morgan fingerprint density at radius 3 is 2.31 bits per heavy atom. The minimum absolute atomic E-state index is 1.03. The monoisotopic (exact) mass is 174 g/mol. The molecule has 0 saturated carbocycles. The molecule has 0 nitrogen and oxygen atoms in total. The largest absolute Gasteiger partial charge is 0.0952 e. The van der Waals surface area contributed by atoms with Gasteiger partial charge in [0.25, 0.3) is 0 Å². The average Bonchev–Trinajstić information content (AvgIpc) is 2.13. The van der Waals surface area contributed by atoms with Gasteiger partial charge in [-0.05, 0) is 55.0 Å². The van der Waals surface area contributed by atoms with Gasteiger partial charge in [-0.3, -0.25) is 0 Å². The molecule has 0 radical (unpaired) electrons. The Kier molecular flexibility index (Phi) is 2.92. The number of benzene rings is 1. The summed E-state index contributed by atoms with van der Waals surface area (Å²) in [5.41, 5.74) is 6.70. The molecule has 1 aromatic carbocycles. The third kappa shape index (κ3) is 1.82. The lowest BCUT2D eigenvalue weighted by Crippen LogP contribution is -1.92. The Hall–Kier alpha value is -1.04. The van der Waals surface area contributed by atoms with E-state index in [1.165, 1.54) is 27.8 Å². The fraction of sp³-hybridized carbons (Fsp3) is 0.385. The van der Waals surface area contributed by atoms with E-state index >= 15 is 0 Å². The predicted octanol–water partition coefficient (Wildman–Crippen LogP) is 4.04. The van der Waals surface area contributed by atoms with Crippen molar-refractivity contribution in [1.29, 1.82) is 0 Å². The molecule has 0 heteroatoms. The van der Waals surface area contributed by atoms with E-state index < -0.39 is 0 Å². The maximum absolute atomic E-state index is 4.08. The van der Waals surface area contributed by atoms with Crippen molar-refractivity contribution < 1.29 is 0 Å². The zero-order valence-corrected chi connectivity index (χ0v) is 9.07. The molecule has 0 bridgehead atoms. The van der Waals surface area contributed by atoms with Crippen molar-refractivity contribution in [1.82, 2.24) is 0 Å². The van der Waals surface area contributed by atoms with Gasteiger partial charge < -0.3 is 0 Å². The van der Waals surface area contributed by atoms with E-state index in [2.05, 4.69) is 46.4 Å². The Bertz CT molecular complexity index is 332. The Balaban J connectivity index is 3.26. The first-order chi connectivity index (χ1) is 6.07. The lowest BCUT2D eigenvalue weighted by atomic mass is 9.94. The van der Waals surface area contributed by atoms with E-state index in [9.17, 15) is 0 Å². The van der Waals surface area contributed by atoms with Crippen LogP contribution < -0.4 is 0 Å². The molecule has 0 amide bonds. The summed E-state index contributed by atoms with van der Waals surface area (Å²) in [5, 5.41) is 0. The van der Waals surface area contributed by atoms with Gasteiger partial charge in [-0.15, -0.1) is 0 Å². The van der Waals surface area contributed by atoms with Gasteiger partial charge in [-0.1, -0.05) is 25.6 Å². The first-order valence-corrected chi connectivity index (χ1v) is 4.82. The molecular weight excluding hydrogens is 156 g/mol. The first-order valence-electron chi connectivity index (χ1n) is 4.82. The van der Waals surface area contributed by atoms with E-state index in [0.29, 0.717) is 0 Å². The normalized spacial score (nSPS) is 10.2. The van der Waals surface area contributed by atoms with Crippen LogP contribution in [0.2, 0.25) is 0 Å². The molecule has 0 spiro atoms. The van der Waals surface area contributed by atoms with Gasteiger partial charge in [0, 0.05) is 0 Å². The van der Waals surface area contributed by atoms with Gasteiger partial charge in [0.1, 0.15) is 0 Å². The highest BCUT2D eigenvalue weighted by Crippen LogP contribution is 2.24. The van der Waals surface area contributed by atoms with Crippen LogP contribution >= 0.6 is 0 Å². The van der Waals surface area contributed by atoms with Gasteiger partial charge in [-0.25, -0.2) is 0 Å². The molecular formula is C13H18. The van der Waals surface area contributed by atoms with Crippen LogP contribution in [0.25, 0.3) is 5.57 Å². The van der Waals surface area contributed by atoms with Crippen LogP contribution in [-0.2, 0) is 0 Å². The molecule has 1 rings (SSSR count). The SMILES string of the molecule is C=C(CC)c1ccc(C)c(C)c1C. The third-order valence-electron chi connectivity index (χ3n) is 2.87. The van der Waals surface area contributed by atoms with E-state index in [0.717, 1.165) is 6.42 Å². The van der Waals surface area contributed by atoms with Gasteiger partial charge in [-0.2, -0.15) is 0 Å². The molecule has 0 aliphatic heterocycles. The smallest absolute Gasteiger partial charge is 0.0198 e. The second-order valence-electron chi connectivity index (χ2n) is 3.64. The fourth-order valence-electron chi connectivity index (χ4n) is 1.53. The summed E-state index contributed by atoms with van der Waals surface area (Å²) in [6.07, 6.45) is 1.03. The maximum Gasteiger partial charge on any atom is -0.0198 e. The van der Waals surface area contributed by atoms with Crippen molar-refractivity contribution in [2.75, 3.05) is 0 Å². The minimum atomic E-state index is 1.03. The van der Waals surface area contributed by atoms with Crippen LogP contribution in [0.15, 0.2) is 18.7 Å². The number of hydrogen-bond acceptors (Lipinski definition) is 0. The molecule has 0 aliphatic carbocycles. The summed E-state index contributed by atoms with van der Waals surface area (Å²) in [4.78, 5) is 0. The van der Waals surface area contributed by atoms with Gasteiger partial charge in [0.15, 0.2) is 0 Å². The maximum atomic E-state index is 4.08. The van der Waals surface area contributed by atoms with E-state index in [1.807, 2.05) is 0 Å². The van der Waals surface area contributed by atoms with Crippen molar-refractivity contribution >= 4 is 5.57 Å². The van der Waals surface area contributed by atoms with Gasteiger partial charge in [0.05, 0.1) is 0 Å². The molecule has 0 aromatic heterocycles. The molecule has 0 saturated heterocycles. The summed E-state index contributed by atoms with van der Waals surface area (Å²) in [5.74, 6) is 0. The van der Waals surface area contributed by atoms with Crippen LogP contribution in [0.5, 0.6) is 0 Å². The number of rotatable bonds is 2. The van der Waals surface area contributed by atoms with Crippen molar-refractivity contribution in [3.8, 4) is 0 Å². The highest BCUT2D eigenvalue weighted by Gasteiger charge is 2.04. The van der Waals surface area contributed by atoms with Crippen molar-refractivity contribution in [2.24, 2.45) is 0 Å². The highest BCUT2D eigenvalue weighted by molar-refractivity contribution is 5.67. The van der Waals surface area contributed by atoms with Crippen molar-refractivity contribution in [2.45, 2.75) is 34.1 Å². The Labute approximate surface area is 81.3 Å². The molecule has 0 atom stereocenters. The Morgan fingerprint density at radius 1 is 1.15 bits per heavy atom. The summed E-state index contributed by atoms with van der Waals surface area (Å²) in [6, 6.07) is 4.36. The Morgan fingerprint density at radius 2 is 1.77 bits per heavy atom. The molecule has 0 aliphatic rings. The zero-order valence-electron chi connectivity index (χ0n) is 9.07. The van der Waals surface area contributed by atoms with Crippen molar-refractivity contribution in [3.05, 3.63) is 41.0 Å². The van der Waals surface area contributed by atoms with E-state index in [1.54, 1.807) is 0 Å². The minimum Gasteiger partial charge on any atom is -0.0952 e. The molecule has 0 fully saturated rings. The summed E-state index contributed by atoms with van der Waals surface area (Å²) >= 11 is 0. The topological polar surface area (TPSA) is 0 Å². The lowest BCUT2D eigenvalue weighted by Gasteiger charge is -2.12. The summed E-state index contributed by atoms with van der Waals surface area (Å²) < 4.78 is 0. The quantitative estimate of drug-likeness (QED) is 0.635. The van der Waals surface area contributed by atoms with Crippen LogP contribution in [0, 0.1) is 20.8 Å². The second-order valence-corrected chi connectivity index (χ2v) is 3.64. The summed E-state index contributed by atoms with van der Waals surface area (Å²) in [6.45, 7) is 12.7. The summed E-state index contributed by atoms with van der Waals surface area (Å²) in [7, 11) is 0. The molecule has 0 heterocycles. The molecule has 1 aromatic rings. The van der Waals surface area contributed by atoms with Crippen LogP contribution in [0.1, 0.15) is 35.6 Å². The van der Waals surface area contributed by atoms with Gasteiger partial charge in [0.2, 0.25) is 0 Å². The molecule has 0 N–H and O–H groups in total. The van der Waals surface area contributed by atoms with Gasteiger partial charge >= 0.3 is 0 Å². The molecule has 0 unspecified atom stereocenters. The van der Waals surface area contributed by atoms with Crippen LogP contribution in [0.4, 0.5) is 0 Å². The number of allylic oxidation sites excluding steroid dienone is 1. The predicted molar refractivity (Wildman–Crippen MR) is 60.0 cm³/mol. The molecule has 70 valence electrons. The lowest BCUT2D eigenvalue weighted by molar-refractivity contribution is 1.20. The van der Waals surface area contributed by atoms with Crippen LogP contribution in [-0.4, -0.2) is 0 Å². The second kappa shape index (κ2) is 3.78. The third-order valence-corrected chi connectivity index (χ3v) is 2.87.